The monoisotopic (exact) mass is 339 g/mol. The molecule has 0 aliphatic carbocycles. The van der Waals surface area contributed by atoms with Gasteiger partial charge >= 0.3 is 0 Å². The summed E-state index contributed by atoms with van der Waals surface area (Å²) in [6.07, 6.45) is -0.0974. The summed E-state index contributed by atoms with van der Waals surface area (Å²) in [5.41, 5.74) is -1.32. The quantitative estimate of drug-likeness (QED) is 0.853. The maximum absolute atomic E-state index is 14.0. The maximum atomic E-state index is 14.0. The molecule has 0 atom stereocenters. The molecule has 3 rings (SSSR count). The number of hydrogen-bond acceptors (Lipinski definition) is 3. The summed E-state index contributed by atoms with van der Waals surface area (Å²) in [6, 6.07) is 2.95. The molecule has 0 spiro atoms. The van der Waals surface area contributed by atoms with Gasteiger partial charge in [0.2, 0.25) is 0 Å². The first-order chi connectivity index (χ1) is 11.4. The van der Waals surface area contributed by atoms with Gasteiger partial charge in [0.1, 0.15) is 22.9 Å². The molecular weight excluding hydrogens is 330 g/mol. The SMILES string of the molecule is O=C1CCOc2c1c(F)cc(F)c2C(=O)Nc1ccc(F)c(F)c1. The summed E-state index contributed by atoms with van der Waals surface area (Å²) in [5, 5.41) is 2.15. The van der Waals surface area contributed by atoms with Crippen molar-refractivity contribution in [2.24, 2.45) is 0 Å². The number of carbonyl (C=O) groups excluding carboxylic acids is 2. The molecule has 0 unspecified atom stereocenters. The fourth-order valence-electron chi connectivity index (χ4n) is 2.35. The van der Waals surface area contributed by atoms with Gasteiger partial charge in [-0.2, -0.15) is 0 Å². The molecule has 0 aromatic heterocycles. The molecule has 0 saturated carbocycles. The Bertz CT molecular complexity index is 867. The Morgan fingerprint density at radius 2 is 1.75 bits per heavy atom. The number of anilines is 1. The standard InChI is InChI=1S/C16H9F4NO3/c17-8-2-1-7(5-9(8)18)21-16(23)14-11(20)6-10(19)13-12(22)3-4-24-15(13)14/h1-2,5-6H,3-4H2,(H,21,23). The highest BCUT2D eigenvalue weighted by atomic mass is 19.2. The number of benzene rings is 2. The zero-order chi connectivity index (χ0) is 17.4. The summed E-state index contributed by atoms with van der Waals surface area (Å²) in [6.45, 7) is -0.125. The molecule has 1 heterocycles. The van der Waals surface area contributed by atoms with Crippen LogP contribution in [0.5, 0.6) is 5.75 Å². The van der Waals surface area contributed by atoms with Gasteiger partial charge in [-0.3, -0.25) is 9.59 Å². The predicted octanol–water partition coefficient (Wildman–Crippen LogP) is 3.46. The topological polar surface area (TPSA) is 55.4 Å². The molecule has 0 saturated heterocycles. The van der Waals surface area contributed by atoms with Crippen LogP contribution in [-0.4, -0.2) is 18.3 Å². The van der Waals surface area contributed by atoms with Crippen molar-refractivity contribution in [1.82, 2.24) is 0 Å². The van der Waals surface area contributed by atoms with E-state index in [0.29, 0.717) is 12.1 Å². The molecule has 2 aromatic carbocycles. The van der Waals surface area contributed by atoms with Crippen molar-refractivity contribution >= 4 is 17.4 Å². The summed E-state index contributed by atoms with van der Waals surface area (Å²) < 4.78 is 59.0. The largest absolute Gasteiger partial charge is 0.491 e. The zero-order valence-corrected chi connectivity index (χ0v) is 12.0. The summed E-state index contributed by atoms with van der Waals surface area (Å²) in [4.78, 5) is 24.0. The highest BCUT2D eigenvalue weighted by Gasteiger charge is 2.31. The van der Waals surface area contributed by atoms with Gasteiger partial charge in [-0.25, -0.2) is 17.6 Å². The van der Waals surface area contributed by atoms with Gasteiger partial charge in [-0.15, -0.1) is 0 Å². The Balaban J connectivity index is 2.02. The molecule has 24 heavy (non-hydrogen) atoms. The number of halogens is 4. The van der Waals surface area contributed by atoms with Gasteiger partial charge in [0.25, 0.3) is 5.91 Å². The lowest BCUT2D eigenvalue weighted by Gasteiger charge is -2.20. The van der Waals surface area contributed by atoms with Crippen molar-refractivity contribution < 1.29 is 31.9 Å². The summed E-state index contributed by atoms with van der Waals surface area (Å²) >= 11 is 0. The number of amides is 1. The van der Waals surface area contributed by atoms with Crippen LogP contribution in [0.25, 0.3) is 0 Å². The average molecular weight is 339 g/mol. The molecule has 2 aromatic rings. The van der Waals surface area contributed by atoms with Crippen LogP contribution in [0.4, 0.5) is 23.2 Å². The van der Waals surface area contributed by atoms with Gasteiger partial charge in [0.05, 0.1) is 12.2 Å². The fraction of sp³-hybridized carbons (Fsp3) is 0.125. The number of Topliss-reactive ketones (excluding diaryl/α,β-unsaturated/α-hetero) is 1. The van der Waals surface area contributed by atoms with Crippen molar-refractivity contribution in [3.05, 3.63) is 58.7 Å². The van der Waals surface area contributed by atoms with E-state index in [1.54, 1.807) is 0 Å². The highest BCUT2D eigenvalue weighted by molar-refractivity contribution is 6.10. The first-order valence-corrected chi connectivity index (χ1v) is 6.83. The highest BCUT2D eigenvalue weighted by Crippen LogP contribution is 2.33. The lowest BCUT2D eigenvalue weighted by molar-refractivity contribution is 0.0924. The number of carbonyl (C=O) groups is 2. The van der Waals surface area contributed by atoms with Crippen LogP contribution in [0.2, 0.25) is 0 Å². The zero-order valence-electron chi connectivity index (χ0n) is 12.0. The van der Waals surface area contributed by atoms with E-state index in [2.05, 4.69) is 5.32 Å². The van der Waals surface area contributed by atoms with E-state index >= 15 is 0 Å². The van der Waals surface area contributed by atoms with E-state index in [1.807, 2.05) is 0 Å². The second-order valence-electron chi connectivity index (χ2n) is 5.02. The van der Waals surface area contributed by atoms with Crippen molar-refractivity contribution in [2.75, 3.05) is 11.9 Å². The van der Waals surface area contributed by atoms with Gasteiger partial charge < -0.3 is 10.1 Å². The predicted molar refractivity (Wildman–Crippen MR) is 75.1 cm³/mol. The van der Waals surface area contributed by atoms with Crippen molar-refractivity contribution in [3.8, 4) is 5.75 Å². The lowest BCUT2D eigenvalue weighted by Crippen LogP contribution is -2.23. The van der Waals surface area contributed by atoms with Crippen LogP contribution in [-0.2, 0) is 0 Å². The Kier molecular flexibility index (Phi) is 3.96. The third-order valence-corrected chi connectivity index (χ3v) is 3.44. The molecule has 0 bridgehead atoms. The number of hydrogen-bond donors (Lipinski definition) is 1. The minimum absolute atomic E-state index is 0.0974. The number of rotatable bonds is 2. The Labute approximate surface area is 133 Å². The Hall–Kier alpha value is -2.90. The minimum atomic E-state index is -1.24. The van der Waals surface area contributed by atoms with Crippen LogP contribution in [0.3, 0.4) is 0 Å². The maximum Gasteiger partial charge on any atom is 0.262 e. The van der Waals surface area contributed by atoms with Gasteiger partial charge in [-0.1, -0.05) is 0 Å². The van der Waals surface area contributed by atoms with Gasteiger partial charge in [0, 0.05) is 24.2 Å². The average Bonchev–Trinajstić information content (AvgIpc) is 2.50. The van der Waals surface area contributed by atoms with Crippen molar-refractivity contribution in [3.63, 3.8) is 0 Å². The molecule has 1 aliphatic heterocycles. The Morgan fingerprint density at radius 3 is 2.46 bits per heavy atom. The first-order valence-electron chi connectivity index (χ1n) is 6.83. The van der Waals surface area contributed by atoms with Gasteiger partial charge in [0.15, 0.2) is 17.4 Å². The number of nitrogens with one attached hydrogen (secondary N) is 1. The summed E-state index contributed by atoms with van der Waals surface area (Å²) in [7, 11) is 0. The van der Waals surface area contributed by atoms with E-state index in [-0.39, 0.29) is 18.7 Å². The number of ketones is 1. The van der Waals surface area contributed by atoms with Crippen molar-refractivity contribution in [2.45, 2.75) is 6.42 Å². The lowest BCUT2D eigenvalue weighted by atomic mass is 9.99. The van der Waals surface area contributed by atoms with Gasteiger partial charge in [-0.05, 0) is 12.1 Å². The normalized spacial score (nSPS) is 13.2. The molecule has 0 radical (unpaired) electrons. The first kappa shape index (κ1) is 16.0. The van der Waals surface area contributed by atoms with Crippen molar-refractivity contribution in [1.29, 1.82) is 0 Å². The molecule has 1 amide bonds. The molecule has 1 aliphatic rings. The van der Waals surface area contributed by atoms with Crippen LogP contribution < -0.4 is 10.1 Å². The number of fused-ring (bicyclic) bond motifs is 1. The van der Waals surface area contributed by atoms with E-state index < -0.39 is 51.8 Å². The Morgan fingerprint density at radius 1 is 1.00 bits per heavy atom. The van der Waals surface area contributed by atoms with Crippen LogP contribution in [0.15, 0.2) is 24.3 Å². The van der Waals surface area contributed by atoms with E-state index in [4.69, 9.17) is 4.74 Å². The van der Waals surface area contributed by atoms with Crippen LogP contribution >= 0.6 is 0 Å². The van der Waals surface area contributed by atoms with E-state index in [9.17, 15) is 27.2 Å². The molecule has 0 fully saturated rings. The minimum Gasteiger partial charge on any atom is -0.491 e. The molecule has 8 heteroatoms. The second kappa shape index (κ2) is 5.95. The summed E-state index contributed by atoms with van der Waals surface area (Å²) in [5.74, 6) is -6.88. The molecule has 124 valence electrons. The smallest absolute Gasteiger partial charge is 0.262 e. The fourth-order valence-corrected chi connectivity index (χ4v) is 2.35. The second-order valence-corrected chi connectivity index (χ2v) is 5.02. The van der Waals surface area contributed by atoms with E-state index in [0.717, 1.165) is 12.1 Å². The molecule has 4 nitrogen and oxygen atoms in total. The third-order valence-electron chi connectivity index (χ3n) is 3.44. The van der Waals surface area contributed by atoms with E-state index in [1.165, 1.54) is 0 Å². The molecule has 1 N–H and O–H groups in total. The van der Waals surface area contributed by atoms with Crippen LogP contribution in [0.1, 0.15) is 27.1 Å². The number of ether oxygens (including phenoxy) is 1. The third kappa shape index (κ3) is 2.70. The molecular formula is C16H9F4NO3. The van der Waals surface area contributed by atoms with Crippen LogP contribution in [0, 0.1) is 23.3 Å².